The number of carboxylic acid groups (broad SMARTS) is 1. The molecular weight excluding hydrogens is 590 g/mol. The highest BCUT2D eigenvalue weighted by Crippen LogP contribution is 2.37. The Balaban J connectivity index is 1.35. The van der Waals surface area contributed by atoms with Gasteiger partial charge in [-0.15, -0.1) is 11.8 Å². The van der Waals surface area contributed by atoms with Crippen molar-refractivity contribution in [3.63, 3.8) is 0 Å². The summed E-state index contributed by atoms with van der Waals surface area (Å²) in [5, 5.41) is 16.9. The SMILES string of the molecule is O=C(Nc1cccc(SC(C(=O)Nc2cccc(C(=O)O)c2)c2ccccc2)c1)/C(=C/c1ccco1)NC(=O)c1ccccc1. The van der Waals surface area contributed by atoms with Crippen molar-refractivity contribution in [1.82, 2.24) is 5.32 Å². The average Bonchev–Trinajstić information content (AvgIpc) is 3.57. The Morgan fingerprint density at radius 1 is 0.711 bits per heavy atom. The summed E-state index contributed by atoms with van der Waals surface area (Å²) in [6.07, 6.45) is 2.90. The lowest BCUT2D eigenvalue weighted by Gasteiger charge is -2.18. The number of hydrogen-bond acceptors (Lipinski definition) is 6. The molecule has 5 aromatic rings. The van der Waals surface area contributed by atoms with Crippen LogP contribution in [0.4, 0.5) is 11.4 Å². The Bertz CT molecular complexity index is 1840. The maximum atomic E-state index is 13.5. The molecule has 0 aliphatic carbocycles. The molecule has 45 heavy (non-hydrogen) atoms. The summed E-state index contributed by atoms with van der Waals surface area (Å²) in [6.45, 7) is 0. The molecule has 0 fully saturated rings. The van der Waals surface area contributed by atoms with Gasteiger partial charge in [-0.05, 0) is 66.2 Å². The summed E-state index contributed by atoms with van der Waals surface area (Å²) in [6, 6.07) is 34.0. The van der Waals surface area contributed by atoms with Crippen molar-refractivity contribution in [2.24, 2.45) is 0 Å². The van der Waals surface area contributed by atoms with Gasteiger partial charge in [-0.25, -0.2) is 4.79 Å². The maximum Gasteiger partial charge on any atom is 0.335 e. The fourth-order valence-corrected chi connectivity index (χ4v) is 5.36. The van der Waals surface area contributed by atoms with E-state index in [1.165, 1.54) is 36.2 Å². The molecule has 1 heterocycles. The van der Waals surface area contributed by atoms with Crippen LogP contribution in [0.2, 0.25) is 0 Å². The van der Waals surface area contributed by atoms with E-state index in [1.54, 1.807) is 72.8 Å². The molecule has 4 N–H and O–H groups in total. The van der Waals surface area contributed by atoms with Gasteiger partial charge in [0.1, 0.15) is 16.7 Å². The third-order valence-corrected chi connectivity index (χ3v) is 7.67. The predicted octanol–water partition coefficient (Wildman–Crippen LogP) is 6.86. The van der Waals surface area contributed by atoms with Crippen LogP contribution in [0.3, 0.4) is 0 Å². The van der Waals surface area contributed by atoms with Crippen LogP contribution in [0.25, 0.3) is 6.08 Å². The highest BCUT2D eigenvalue weighted by molar-refractivity contribution is 8.00. The van der Waals surface area contributed by atoms with Crippen molar-refractivity contribution in [3.8, 4) is 0 Å². The number of carbonyl (C=O) groups is 4. The number of hydrogen-bond donors (Lipinski definition) is 4. The van der Waals surface area contributed by atoms with Gasteiger partial charge in [0.25, 0.3) is 11.8 Å². The monoisotopic (exact) mass is 617 g/mol. The smallest absolute Gasteiger partial charge is 0.335 e. The number of anilines is 2. The molecule has 9 nitrogen and oxygen atoms in total. The van der Waals surface area contributed by atoms with Crippen molar-refractivity contribution in [2.45, 2.75) is 10.1 Å². The first-order chi connectivity index (χ1) is 21.9. The first-order valence-electron chi connectivity index (χ1n) is 13.7. The molecule has 224 valence electrons. The van der Waals surface area contributed by atoms with Crippen LogP contribution >= 0.6 is 11.8 Å². The lowest BCUT2D eigenvalue weighted by molar-refractivity contribution is -0.116. The number of furan rings is 1. The van der Waals surface area contributed by atoms with Gasteiger partial charge < -0.3 is 25.5 Å². The fraction of sp³-hybridized carbons (Fsp3) is 0.0286. The van der Waals surface area contributed by atoms with Crippen molar-refractivity contribution in [2.75, 3.05) is 10.6 Å². The number of carbonyl (C=O) groups excluding carboxylic acids is 3. The van der Waals surface area contributed by atoms with Gasteiger partial charge >= 0.3 is 5.97 Å². The Labute approximate surface area is 263 Å². The molecule has 0 bridgehead atoms. The Morgan fingerprint density at radius 2 is 1.38 bits per heavy atom. The average molecular weight is 618 g/mol. The zero-order valence-corrected chi connectivity index (χ0v) is 24.5. The number of aromatic carboxylic acids is 1. The summed E-state index contributed by atoms with van der Waals surface area (Å²) in [4.78, 5) is 51.9. The third kappa shape index (κ3) is 8.37. The molecule has 5 rings (SSSR count). The molecule has 10 heteroatoms. The van der Waals surface area contributed by atoms with E-state index in [4.69, 9.17) is 4.42 Å². The van der Waals surface area contributed by atoms with Gasteiger partial charge in [0.15, 0.2) is 0 Å². The van der Waals surface area contributed by atoms with Gasteiger partial charge in [0.05, 0.1) is 11.8 Å². The van der Waals surface area contributed by atoms with Crippen LogP contribution in [-0.2, 0) is 9.59 Å². The minimum atomic E-state index is -1.10. The van der Waals surface area contributed by atoms with Gasteiger partial charge in [0, 0.05) is 27.9 Å². The Hall–Kier alpha value is -5.87. The highest BCUT2D eigenvalue weighted by atomic mass is 32.2. The second-order valence-corrected chi connectivity index (χ2v) is 10.8. The van der Waals surface area contributed by atoms with E-state index in [1.807, 2.05) is 36.4 Å². The third-order valence-electron chi connectivity index (χ3n) is 6.42. The van der Waals surface area contributed by atoms with Crippen LogP contribution in [0.5, 0.6) is 0 Å². The molecule has 1 atom stereocenters. The topological polar surface area (TPSA) is 138 Å². The molecule has 0 spiro atoms. The molecule has 0 saturated carbocycles. The molecule has 0 saturated heterocycles. The van der Waals surface area contributed by atoms with Crippen LogP contribution in [0.1, 0.15) is 37.3 Å². The minimum absolute atomic E-state index is 0.0259. The molecular formula is C35H27N3O6S. The molecule has 1 unspecified atom stereocenters. The number of carboxylic acids is 1. The van der Waals surface area contributed by atoms with E-state index in [0.29, 0.717) is 27.6 Å². The molecule has 0 aliphatic heterocycles. The molecule has 1 aromatic heterocycles. The van der Waals surface area contributed by atoms with Crippen molar-refractivity contribution < 1.29 is 28.7 Å². The van der Waals surface area contributed by atoms with Gasteiger partial charge in [0.2, 0.25) is 5.91 Å². The van der Waals surface area contributed by atoms with Crippen molar-refractivity contribution in [3.05, 3.63) is 156 Å². The molecule has 4 aromatic carbocycles. The molecule has 0 radical (unpaired) electrons. The van der Waals surface area contributed by atoms with E-state index >= 15 is 0 Å². The normalized spacial score (nSPS) is 11.7. The molecule has 3 amide bonds. The van der Waals surface area contributed by atoms with Crippen LogP contribution in [0, 0.1) is 0 Å². The first-order valence-corrected chi connectivity index (χ1v) is 14.6. The lowest BCUT2D eigenvalue weighted by Crippen LogP contribution is -2.30. The minimum Gasteiger partial charge on any atom is -0.478 e. The number of rotatable bonds is 11. The predicted molar refractivity (Wildman–Crippen MR) is 173 cm³/mol. The van der Waals surface area contributed by atoms with E-state index < -0.39 is 23.0 Å². The summed E-state index contributed by atoms with van der Waals surface area (Å²) in [5.74, 6) is -2.11. The number of thioether (sulfide) groups is 1. The zero-order valence-electron chi connectivity index (χ0n) is 23.7. The van der Waals surface area contributed by atoms with E-state index in [-0.39, 0.29) is 17.2 Å². The highest BCUT2D eigenvalue weighted by Gasteiger charge is 2.23. The van der Waals surface area contributed by atoms with E-state index in [9.17, 15) is 24.3 Å². The Kier molecular flexibility index (Phi) is 9.88. The van der Waals surface area contributed by atoms with Gasteiger partial charge in [-0.3, -0.25) is 14.4 Å². The van der Waals surface area contributed by atoms with Crippen molar-refractivity contribution >= 4 is 52.9 Å². The standard InChI is InChI=1S/C35H27N3O6S/c39-32(24-12-5-2-6-13-24)38-30(22-28-17-9-19-44-28)33(40)36-27-16-8-18-29(21-27)45-31(23-10-3-1-4-11-23)34(41)37-26-15-7-14-25(20-26)35(42)43/h1-22,31H,(H,36,40)(H,37,41)(H,38,39)(H,42,43)/b30-22-. The lowest BCUT2D eigenvalue weighted by atomic mass is 10.1. The van der Waals surface area contributed by atoms with Crippen molar-refractivity contribution in [1.29, 1.82) is 0 Å². The van der Waals surface area contributed by atoms with Crippen LogP contribution < -0.4 is 16.0 Å². The van der Waals surface area contributed by atoms with Crippen LogP contribution in [-0.4, -0.2) is 28.8 Å². The number of benzene rings is 4. The first kappa shape index (κ1) is 30.6. The quantitative estimate of drug-likeness (QED) is 0.0939. The largest absolute Gasteiger partial charge is 0.478 e. The summed E-state index contributed by atoms with van der Waals surface area (Å²) < 4.78 is 5.36. The maximum absolute atomic E-state index is 13.5. The van der Waals surface area contributed by atoms with E-state index in [2.05, 4.69) is 16.0 Å². The number of nitrogens with one attached hydrogen (secondary N) is 3. The van der Waals surface area contributed by atoms with Gasteiger partial charge in [-0.2, -0.15) is 0 Å². The van der Waals surface area contributed by atoms with E-state index in [0.717, 1.165) is 5.56 Å². The summed E-state index contributed by atoms with van der Waals surface area (Å²) >= 11 is 1.26. The van der Waals surface area contributed by atoms with Gasteiger partial charge in [-0.1, -0.05) is 60.7 Å². The zero-order chi connectivity index (χ0) is 31.6. The summed E-state index contributed by atoms with van der Waals surface area (Å²) in [5.41, 5.74) is 1.94. The Morgan fingerprint density at radius 3 is 2.07 bits per heavy atom. The van der Waals surface area contributed by atoms with Crippen LogP contribution in [0.15, 0.2) is 143 Å². The second kappa shape index (κ2) is 14.5. The summed E-state index contributed by atoms with van der Waals surface area (Å²) in [7, 11) is 0. The molecule has 0 aliphatic rings. The second-order valence-electron chi connectivity index (χ2n) is 9.66. The fourth-order valence-electron chi connectivity index (χ4n) is 4.28. The number of amides is 3.